The van der Waals surface area contributed by atoms with E-state index in [1.54, 1.807) is 0 Å². The van der Waals surface area contributed by atoms with E-state index in [1.165, 1.54) is 141 Å². The van der Waals surface area contributed by atoms with Crippen LogP contribution in [0, 0.1) is 0 Å². The van der Waals surface area contributed by atoms with Gasteiger partial charge < -0.3 is 14.2 Å². The fourth-order valence-electron chi connectivity index (χ4n) is 7.43. The van der Waals surface area contributed by atoms with Crippen molar-refractivity contribution in [3.8, 4) is 0 Å². The molecule has 0 saturated heterocycles. The second-order valence-electron chi connectivity index (χ2n) is 17.4. The molecule has 0 aromatic carbocycles. The van der Waals surface area contributed by atoms with Gasteiger partial charge in [-0.05, 0) is 57.8 Å². The van der Waals surface area contributed by atoms with Crippen molar-refractivity contribution in [3.05, 3.63) is 48.6 Å². The Morgan fingerprint density at radius 1 is 0.344 bits per heavy atom. The summed E-state index contributed by atoms with van der Waals surface area (Å²) in [4.78, 5) is 37.7. The van der Waals surface area contributed by atoms with Crippen molar-refractivity contribution in [1.29, 1.82) is 0 Å². The summed E-state index contributed by atoms with van der Waals surface area (Å²) in [6.45, 7) is 6.47. The van der Waals surface area contributed by atoms with Crippen molar-refractivity contribution in [2.45, 2.75) is 271 Å². The number of carbonyl (C=O) groups excluding carboxylic acids is 3. The van der Waals surface area contributed by atoms with Crippen LogP contribution in [-0.4, -0.2) is 37.2 Å². The highest BCUT2D eigenvalue weighted by Crippen LogP contribution is 2.16. The number of carbonyl (C=O) groups is 3. The van der Waals surface area contributed by atoms with Crippen LogP contribution >= 0.6 is 0 Å². The molecule has 0 rings (SSSR count). The topological polar surface area (TPSA) is 78.9 Å². The maximum absolute atomic E-state index is 12.7. The van der Waals surface area contributed by atoms with Crippen molar-refractivity contribution < 1.29 is 28.6 Å². The lowest BCUT2D eigenvalue weighted by atomic mass is 10.0. The van der Waals surface area contributed by atoms with Crippen LogP contribution in [0.25, 0.3) is 0 Å². The Hall–Kier alpha value is -2.63. The van der Waals surface area contributed by atoms with E-state index in [4.69, 9.17) is 14.2 Å². The first kappa shape index (κ1) is 58.4. The van der Waals surface area contributed by atoms with Crippen LogP contribution < -0.4 is 0 Å². The zero-order chi connectivity index (χ0) is 44.4. The van der Waals surface area contributed by atoms with Gasteiger partial charge in [0.05, 0.1) is 0 Å². The molecule has 0 heterocycles. The number of ether oxygens (including phenoxy) is 3. The van der Waals surface area contributed by atoms with Crippen molar-refractivity contribution >= 4 is 17.9 Å². The number of hydrogen-bond donors (Lipinski definition) is 0. The minimum atomic E-state index is -0.765. The number of allylic oxidation sites excluding steroid dienone is 8. The van der Waals surface area contributed by atoms with E-state index in [0.29, 0.717) is 19.3 Å². The second kappa shape index (κ2) is 50.0. The predicted molar refractivity (Wildman–Crippen MR) is 261 cm³/mol. The quantitative estimate of drug-likeness (QED) is 0.0263. The number of hydrogen-bond acceptors (Lipinski definition) is 6. The molecule has 0 N–H and O–H groups in total. The summed E-state index contributed by atoms with van der Waals surface area (Å²) >= 11 is 0. The lowest BCUT2D eigenvalue weighted by Gasteiger charge is -2.18. The molecule has 354 valence electrons. The van der Waals surface area contributed by atoms with Crippen molar-refractivity contribution in [1.82, 2.24) is 0 Å². The molecule has 0 aromatic heterocycles. The molecule has 0 aliphatic heterocycles. The molecule has 0 bridgehead atoms. The molecule has 1 atom stereocenters. The summed E-state index contributed by atoms with van der Waals surface area (Å²) in [6, 6.07) is 0. The molecule has 0 aliphatic carbocycles. The average Bonchev–Trinajstić information content (AvgIpc) is 3.26. The standard InChI is InChI=1S/C55H98O6/c1-4-7-10-13-16-18-20-22-23-24-25-26-27-28-29-30-31-32-33-34-36-37-39-42-45-48-54(57)60-51-52(50-59-53(56)47-44-41-15-12-9-6-3)61-55(58)49-46-43-40-38-35-21-19-17-14-11-8-5-2/h7,10,16,18,22-23,25-26,52H,4-6,8-9,11-15,17,19-21,24,27-51H2,1-3H3/b10-7-,18-16-,23-22-,26-25-. The molecule has 0 spiro atoms. The summed E-state index contributed by atoms with van der Waals surface area (Å²) < 4.78 is 16.7. The Bertz CT molecular complexity index is 1070. The Morgan fingerprint density at radius 3 is 1.00 bits per heavy atom. The third-order valence-corrected chi connectivity index (χ3v) is 11.3. The highest BCUT2D eigenvalue weighted by molar-refractivity contribution is 5.71. The van der Waals surface area contributed by atoms with Gasteiger partial charge in [0.25, 0.3) is 0 Å². The van der Waals surface area contributed by atoms with Gasteiger partial charge in [-0.2, -0.15) is 0 Å². The minimum absolute atomic E-state index is 0.0706. The van der Waals surface area contributed by atoms with Gasteiger partial charge in [0.2, 0.25) is 0 Å². The van der Waals surface area contributed by atoms with Gasteiger partial charge >= 0.3 is 17.9 Å². The van der Waals surface area contributed by atoms with Crippen LogP contribution in [0.5, 0.6) is 0 Å². The normalized spacial score (nSPS) is 12.4. The van der Waals surface area contributed by atoms with Gasteiger partial charge in [-0.15, -0.1) is 0 Å². The predicted octanol–water partition coefficient (Wildman–Crippen LogP) is 17.1. The highest BCUT2D eigenvalue weighted by Gasteiger charge is 2.19. The molecular formula is C55H98O6. The Morgan fingerprint density at radius 2 is 0.639 bits per heavy atom. The highest BCUT2D eigenvalue weighted by atomic mass is 16.6. The van der Waals surface area contributed by atoms with E-state index < -0.39 is 6.10 Å². The Labute approximate surface area is 378 Å². The average molecular weight is 855 g/mol. The fourth-order valence-corrected chi connectivity index (χ4v) is 7.43. The van der Waals surface area contributed by atoms with Gasteiger partial charge in [0.1, 0.15) is 13.2 Å². The van der Waals surface area contributed by atoms with Gasteiger partial charge in [-0.25, -0.2) is 0 Å². The maximum Gasteiger partial charge on any atom is 0.306 e. The minimum Gasteiger partial charge on any atom is -0.462 e. The first-order valence-electron chi connectivity index (χ1n) is 26.1. The van der Waals surface area contributed by atoms with Crippen molar-refractivity contribution in [2.75, 3.05) is 13.2 Å². The molecule has 0 radical (unpaired) electrons. The Balaban J connectivity index is 4.08. The van der Waals surface area contributed by atoms with Crippen LogP contribution in [-0.2, 0) is 28.6 Å². The number of esters is 3. The molecule has 0 amide bonds. The second-order valence-corrected chi connectivity index (χ2v) is 17.4. The molecule has 0 fully saturated rings. The number of unbranched alkanes of at least 4 members (excludes halogenated alkanes) is 28. The first-order chi connectivity index (χ1) is 30.0. The summed E-state index contributed by atoms with van der Waals surface area (Å²) in [5, 5.41) is 0. The van der Waals surface area contributed by atoms with Gasteiger partial charge in [-0.3, -0.25) is 14.4 Å². The van der Waals surface area contributed by atoms with Gasteiger partial charge in [0.15, 0.2) is 6.10 Å². The largest absolute Gasteiger partial charge is 0.462 e. The van der Waals surface area contributed by atoms with Crippen LogP contribution in [0.2, 0.25) is 0 Å². The molecule has 61 heavy (non-hydrogen) atoms. The lowest BCUT2D eigenvalue weighted by Crippen LogP contribution is -2.30. The van der Waals surface area contributed by atoms with E-state index in [1.807, 2.05) is 0 Å². The van der Waals surface area contributed by atoms with E-state index in [2.05, 4.69) is 69.4 Å². The fraction of sp³-hybridized carbons (Fsp3) is 0.800. The van der Waals surface area contributed by atoms with E-state index in [0.717, 1.165) is 83.5 Å². The van der Waals surface area contributed by atoms with Crippen LogP contribution in [0.1, 0.15) is 265 Å². The van der Waals surface area contributed by atoms with Crippen LogP contribution in [0.3, 0.4) is 0 Å². The van der Waals surface area contributed by atoms with E-state index in [-0.39, 0.29) is 31.1 Å². The van der Waals surface area contributed by atoms with Crippen LogP contribution in [0.4, 0.5) is 0 Å². The molecule has 6 nitrogen and oxygen atoms in total. The van der Waals surface area contributed by atoms with Gasteiger partial charge in [0, 0.05) is 19.3 Å². The monoisotopic (exact) mass is 855 g/mol. The smallest absolute Gasteiger partial charge is 0.306 e. The first-order valence-corrected chi connectivity index (χ1v) is 26.1. The molecule has 0 aliphatic rings. The van der Waals surface area contributed by atoms with Crippen molar-refractivity contribution in [2.24, 2.45) is 0 Å². The number of rotatable bonds is 47. The summed E-state index contributed by atoms with van der Waals surface area (Å²) in [6.07, 6.45) is 59.9. The van der Waals surface area contributed by atoms with Gasteiger partial charge in [-0.1, -0.05) is 236 Å². The van der Waals surface area contributed by atoms with E-state index >= 15 is 0 Å². The molecule has 0 saturated carbocycles. The molecule has 0 aromatic rings. The summed E-state index contributed by atoms with van der Waals surface area (Å²) in [5.74, 6) is -0.875. The molecule has 1 unspecified atom stereocenters. The van der Waals surface area contributed by atoms with Crippen molar-refractivity contribution in [3.63, 3.8) is 0 Å². The lowest BCUT2D eigenvalue weighted by molar-refractivity contribution is -0.167. The van der Waals surface area contributed by atoms with E-state index in [9.17, 15) is 14.4 Å². The molecule has 6 heteroatoms. The zero-order valence-electron chi connectivity index (χ0n) is 40.4. The zero-order valence-corrected chi connectivity index (χ0v) is 40.4. The maximum atomic E-state index is 12.7. The Kier molecular flexibility index (Phi) is 47.9. The summed E-state index contributed by atoms with van der Waals surface area (Å²) in [7, 11) is 0. The third-order valence-electron chi connectivity index (χ3n) is 11.3. The SMILES string of the molecule is CC/C=C\C/C=C\C/C=C\C/C=C\CCCCCCCCCCCCCCC(=O)OCC(COC(=O)CCCCCCCC)OC(=O)CCCCCCCCCCCCCC. The van der Waals surface area contributed by atoms with Crippen LogP contribution in [0.15, 0.2) is 48.6 Å². The summed E-state index contributed by atoms with van der Waals surface area (Å²) in [5.41, 5.74) is 0. The third kappa shape index (κ3) is 48.3. The molecular weight excluding hydrogens is 757 g/mol.